The molecule has 0 saturated carbocycles. The molecule has 0 aromatic carbocycles. The Labute approximate surface area is 92.5 Å². The Balaban J connectivity index is 3.27. The van der Waals surface area contributed by atoms with Gasteiger partial charge in [-0.15, -0.1) is 0 Å². The molecular formula is C9H14N2O3S. The third kappa shape index (κ3) is 2.45. The van der Waals surface area contributed by atoms with Gasteiger partial charge < -0.3 is 9.84 Å². The van der Waals surface area contributed by atoms with E-state index in [9.17, 15) is 9.90 Å². The van der Waals surface area contributed by atoms with Crippen LogP contribution in [0.5, 0.6) is 5.88 Å². The molecule has 0 fully saturated rings. The number of nitrogens with zero attached hydrogens (tertiary/aromatic N) is 2. The second-order valence-corrected chi connectivity index (χ2v) is 3.38. The van der Waals surface area contributed by atoms with Gasteiger partial charge in [0.05, 0.1) is 19.2 Å². The number of ether oxygens (including phenoxy) is 1. The molecule has 0 atom stereocenters. The fourth-order valence-corrected chi connectivity index (χ4v) is 1.69. The van der Waals surface area contributed by atoms with Gasteiger partial charge in [0.1, 0.15) is 0 Å². The van der Waals surface area contributed by atoms with E-state index in [2.05, 4.69) is 0 Å². The van der Waals surface area contributed by atoms with Crippen LogP contribution in [0, 0.1) is 4.77 Å². The van der Waals surface area contributed by atoms with Crippen molar-refractivity contribution in [1.82, 2.24) is 9.13 Å². The van der Waals surface area contributed by atoms with Gasteiger partial charge in [-0.05, 0) is 19.1 Å². The summed E-state index contributed by atoms with van der Waals surface area (Å²) >= 11 is 5.09. The van der Waals surface area contributed by atoms with Crippen molar-refractivity contribution in [2.24, 2.45) is 0 Å². The van der Waals surface area contributed by atoms with E-state index in [-0.39, 0.29) is 11.4 Å². The smallest absolute Gasteiger partial charge is 0.258 e. The molecule has 0 amide bonds. The summed E-state index contributed by atoms with van der Waals surface area (Å²) in [6, 6.07) is 1.16. The van der Waals surface area contributed by atoms with Gasteiger partial charge in [0.25, 0.3) is 5.56 Å². The largest absolute Gasteiger partial charge is 0.494 e. The average Bonchev–Trinajstić information content (AvgIpc) is 2.17. The number of hydrogen-bond acceptors (Lipinski definition) is 4. The summed E-state index contributed by atoms with van der Waals surface area (Å²) in [4.78, 5) is 11.4. The topological polar surface area (TPSA) is 56.4 Å². The quantitative estimate of drug-likeness (QED) is 0.776. The Morgan fingerprint density at radius 1 is 1.53 bits per heavy atom. The summed E-state index contributed by atoms with van der Waals surface area (Å²) < 4.78 is 8.11. The fraction of sp³-hybridized carbons (Fsp3) is 0.556. The molecule has 84 valence electrons. The van der Waals surface area contributed by atoms with Crippen LogP contribution in [0.4, 0.5) is 0 Å². The highest BCUT2D eigenvalue weighted by molar-refractivity contribution is 7.71. The van der Waals surface area contributed by atoms with Crippen LogP contribution in [0.2, 0.25) is 0 Å². The lowest BCUT2D eigenvalue weighted by Crippen LogP contribution is -2.24. The zero-order chi connectivity index (χ0) is 11.4. The van der Waals surface area contributed by atoms with Gasteiger partial charge in [0.2, 0.25) is 0 Å². The van der Waals surface area contributed by atoms with Crippen molar-refractivity contribution in [3.05, 3.63) is 21.2 Å². The molecule has 1 heterocycles. The molecule has 0 aliphatic heterocycles. The molecule has 0 aliphatic rings. The minimum absolute atomic E-state index is 0.119. The number of methoxy groups -OCH3 is 1. The maximum Gasteiger partial charge on any atom is 0.258 e. The number of hydrogen-bond donors (Lipinski definition) is 1. The van der Waals surface area contributed by atoms with Crippen LogP contribution in [0.1, 0.15) is 6.92 Å². The first-order valence-corrected chi connectivity index (χ1v) is 5.05. The summed E-state index contributed by atoms with van der Waals surface area (Å²) in [7, 11) is 1.57. The van der Waals surface area contributed by atoms with Crippen LogP contribution in [0.15, 0.2) is 10.9 Å². The molecule has 0 unspecified atom stereocenters. The molecule has 1 N–H and O–H groups in total. The van der Waals surface area contributed by atoms with Crippen molar-refractivity contribution in [2.75, 3.05) is 13.7 Å². The van der Waals surface area contributed by atoms with E-state index in [4.69, 9.17) is 17.0 Å². The minimum Gasteiger partial charge on any atom is -0.494 e. The van der Waals surface area contributed by atoms with E-state index in [1.165, 1.54) is 9.13 Å². The first-order valence-electron chi connectivity index (χ1n) is 4.64. The lowest BCUT2D eigenvalue weighted by Gasteiger charge is -2.12. The Kier molecular flexibility index (Phi) is 4.05. The van der Waals surface area contributed by atoms with Crippen LogP contribution < -0.4 is 5.56 Å². The van der Waals surface area contributed by atoms with Crippen LogP contribution >= 0.6 is 12.2 Å². The molecule has 1 aromatic heterocycles. The van der Waals surface area contributed by atoms with E-state index in [0.717, 1.165) is 6.07 Å². The first-order chi connectivity index (χ1) is 7.11. The Morgan fingerprint density at radius 3 is 2.73 bits per heavy atom. The van der Waals surface area contributed by atoms with Crippen molar-refractivity contribution in [3.8, 4) is 5.88 Å². The normalized spacial score (nSPS) is 10.5. The highest BCUT2D eigenvalue weighted by atomic mass is 32.1. The average molecular weight is 230 g/mol. The number of aromatic nitrogens is 2. The van der Waals surface area contributed by atoms with Crippen LogP contribution in [0.3, 0.4) is 0 Å². The first kappa shape index (κ1) is 11.9. The summed E-state index contributed by atoms with van der Waals surface area (Å²) in [5.41, 5.74) is -0.284. The standard InChI is InChI=1S/C9H14N2O3S/c1-3-10-7(12)6-8(13)11(9(10)15)4-5-14-2/h6,13H,3-5H2,1-2H3. The summed E-state index contributed by atoms with van der Waals surface area (Å²) in [5, 5.41) is 9.55. The predicted molar refractivity (Wildman–Crippen MR) is 58.7 cm³/mol. The third-order valence-corrected chi connectivity index (χ3v) is 2.53. The molecule has 15 heavy (non-hydrogen) atoms. The maximum atomic E-state index is 11.4. The molecule has 0 aliphatic carbocycles. The van der Waals surface area contributed by atoms with Crippen molar-refractivity contribution >= 4 is 12.2 Å². The van der Waals surface area contributed by atoms with Crippen LogP contribution in [0.25, 0.3) is 0 Å². The van der Waals surface area contributed by atoms with Gasteiger partial charge in [-0.25, -0.2) is 0 Å². The molecule has 0 radical (unpaired) electrons. The van der Waals surface area contributed by atoms with Crippen molar-refractivity contribution < 1.29 is 9.84 Å². The van der Waals surface area contributed by atoms with E-state index in [1.54, 1.807) is 7.11 Å². The Bertz CT molecular complexity index is 450. The van der Waals surface area contributed by atoms with E-state index in [1.807, 2.05) is 6.92 Å². The van der Waals surface area contributed by atoms with Crippen LogP contribution in [-0.2, 0) is 17.8 Å². The summed E-state index contributed by atoms with van der Waals surface area (Å²) in [6.45, 7) is 3.19. The molecule has 0 bridgehead atoms. The van der Waals surface area contributed by atoms with Crippen LogP contribution in [-0.4, -0.2) is 28.0 Å². The molecule has 5 nitrogen and oxygen atoms in total. The van der Waals surface area contributed by atoms with E-state index < -0.39 is 0 Å². The molecular weight excluding hydrogens is 216 g/mol. The van der Waals surface area contributed by atoms with Crippen molar-refractivity contribution in [3.63, 3.8) is 0 Å². The lowest BCUT2D eigenvalue weighted by atomic mass is 10.5. The molecule has 1 rings (SSSR count). The maximum absolute atomic E-state index is 11.4. The summed E-state index contributed by atoms with van der Waals surface area (Å²) in [5.74, 6) is -0.119. The SMILES string of the molecule is CCn1c(=O)cc(O)n(CCOC)c1=S. The summed E-state index contributed by atoms with van der Waals surface area (Å²) in [6.07, 6.45) is 0. The van der Waals surface area contributed by atoms with Gasteiger partial charge >= 0.3 is 0 Å². The monoisotopic (exact) mass is 230 g/mol. The molecule has 1 aromatic rings. The van der Waals surface area contributed by atoms with Crippen molar-refractivity contribution in [1.29, 1.82) is 0 Å². The minimum atomic E-state index is -0.284. The van der Waals surface area contributed by atoms with Gasteiger partial charge in [-0.1, -0.05) is 0 Å². The van der Waals surface area contributed by atoms with E-state index >= 15 is 0 Å². The Hall–Kier alpha value is -1.14. The third-order valence-electron chi connectivity index (χ3n) is 2.09. The van der Waals surface area contributed by atoms with Gasteiger partial charge in [-0.2, -0.15) is 0 Å². The Morgan fingerprint density at radius 2 is 2.20 bits per heavy atom. The zero-order valence-electron chi connectivity index (χ0n) is 8.77. The molecule has 6 heteroatoms. The van der Waals surface area contributed by atoms with Crippen molar-refractivity contribution in [2.45, 2.75) is 20.0 Å². The molecule has 0 spiro atoms. The van der Waals surface area contributed by atoms with Gasteiger partial charge in [-0.3, -0.25) is 13.9 Å². The predicted octanol–water partition coefficient (Wildman–Crippen LogP) is 0.751. The second kappa shape index (κ2) is 5.09. The van der Waals surface area contributed by atoms with Gasteiger partial charge in [0, 0.05) is 13.7 Å². The lowest BCUT2D eigenvalue weighted by molar-refractivity contribution is 0.181. The zero-order valence-corrected chi connectivity index (χ0v) is 9.58. The second-order valence-electron chi connectivity index (χ2n) is 3.01. The van der Waals surface area contributed by atoms with E-state index in [0.29, 0.717) is 24.5 Å². The van der Waals surface area contributed by atoms with Gasteiger partial charge in [0.15, 0.2) is 10.7 Å². The molecule has 0 saturated heterocycles. The highest BCUT2D eigenvalue weighted by Gasteiger charge is 2.05. The fourth-order valence-electron chi connectivity index (χ4n) is 1.29. The number of rotatable bonds is 4. The number of aromatic hydroxyl groups is 1. The highest BCUT2D eigenvalue weighted by Crippen LogP contribution is 2.06.